The van der Waals surface area contributed by atoms with Gasteiger partial charge >= 0.3 is 12.0 Å². The molecule has 1 aromatic rings. The summed E-state index contributed by atoms with van der Waals surface area (Å²) in [6.45, 7) is 4.91. The predicted molar refractivity (Wildman–Crippen MR) is 93.1 cm³/mol. The molecule has 0 heterocycles. The van der Waals surface area contributed by atoms with Crippen molar-refractivity contribution in [1.82, 2.24) is 15.5 Å². The first kappa shape index (κ1) is 19.2. The Labute approximate surface area is 147 Å². The van der Waals surface area contributed by atoms with E-state index in [1.54, 1.807) is 12.1 Å². The fourth-order valence-corrected chi connectivity index (χ4v) is 3.12. The van der Waals surface area contributed by atoms with Gasteiger partial charge in [0.1, 0.15) is 5.82 Å². The molecule has 1 aliphatic carbocycles. The molecule has 0 aromatic heterocycles. The summed E-state index contributed by atoms with van der Waals surface area (Å²) >= 11 is 0. The standard InChI is InChI=1S/C18H26FN3O3/c1-3-22(11-17(23)24)15-9-14(10-15)21-18(25)20-7-6-13-8-12(2)4-5-16(13)19/h4-5,8,14-15H,3,6-7,9-11H2,1-2H3,(H,23,24)(H2,20,21,25). The summed E-state index contributed by atoms with van der Waals surface area (Å²) in [5, 5.41) is 14.5. The van der Waals surface area contributed by atoms with Crippen molar-refractivity contribution in [3.63, 3.8) is 0 Å². The number of urea groups is 1. The van der Waals surface area contributed by atoms with Gasteiger partial charge in [-0.25, -0.2) is 9.18 Å². The van der Waals surface area contributed by atoms with Crippen molar-refractivity contribution in [2.75, 3.05) is 19.6 Å². The van der Waals surface area contributed by atoms with Gasteiger partial charge in [0.25, 0.3) is 0 Å². The molecule has 0 aliphatic heterocycles. The van der Waals surface area contributed by atoms with E-state index in [9.17, 15) is 14.0 Å². The average molecular weight is 351 g/mol. The molecule has 7 heteroatoms. The Kier molecular flexibility index (Phi) is 6.75. The maximum Gasteiger partial charge on any atom is 0.317 e. The number of likely N-dealkylation sites (N-methyl/N-ethyl adjacent to an activating group) is 1. The van der Waals surface area contributed by atoms with Gasteiger partial charge in [-0.3, -0.25) is 9.69 Å². The first-order valence-corrected chi connectivity index (χ1v) is 8.64. The molecular formula is C18H26FN3O3. The summed E-state index contributed by atoms with van der Waals surface area (Å²) in [5.74, 6) is -1.09. The highest BCUT2D eigenvalue weighted by molar-refractivity contribution is 5.74. The lowest BCUT2D eigenvalue weighted by Crippen LogP contribution is -2.56. The molecule has 25 heavy (non-hydrogen) atoms. The number of benzene rings is 1. The molecule has 1 aromatic carbocycles. The zero-order chi connectivity index (χ0) is 18.4. The number of nitrogens with one attached hydrogen (secondary N) is 2. The van der Waals surface area contributed by atoms with Gasteiger partial charge in [-0.2, -0.15) is 0 Å². The molecular weight excluding hydrogens is 325 g/mol. The third-order valence-electron chi connectivity index (χ3n) is 4.59. The van der Waals surface area contributed by atoms with E-state index < -0.39 is 5.97 Å². The van der Waals surface area contributed by atoms with Crippen molar-refractivity contribution in [2.45, 2.75) is 45.2 Å². The van der Waals surface area contributed by atoms with E-state index in [1.807, 2.05) is 18.7 Å². The number of amides is 2. The van der Waals surface area contributed by atoms with Crippen molar-refractivity contribution in [3.8, 4) is 0 Å². The maximum absolute atomic E-state index is 13.6. The van der Waals surface area contributed by atoms with Crippen LogP contribution in [0.25, 0.3) is 0 Å². The Hall–Kier alpha value is -2.15. The Morgan fingerprint density at radius 1 is 1.36 bits per heavy atom. The van der Waals surface area contributed by atoms with Crippen LogP contribution in [0.5, 0.6) is 0 Å². The van der Waals surface area contributed by atoms with E-state index in [0.717, 1.165) is 18.4 Å². The molecule has 0 bridgehead atoms. The van der Waals surface area contributed by atoms with E-state index in [2.05, 4.69) is 10.6 Å². The normalized spacial score (nSPS) is 19.4. The number of hydrogen-bond donors (Lipinski definition) is 3. The second-order valence-electron chi connectivity index (χ2n) is 6.52. The van der Waals surface area contributed by atoms with Crippen LogP contribution in [0, 0.1) is 12.7 Å². The second-order valence-corrected chi connectivity index (χ2v) is 6.52. The van der Waals surface area contributed by atoms with Crippen molar-refractivity contribution in [1.29, 1.82) is 0 Å². The van der Waals surface area contributed by atoms with Crippen LogP contribution in [0.4, 0.5) is 9.18 Å². The maximum atomic E-state index is 13.6. The first-order valence-electron chi connectivity index (χ1n) is 8.64. The van der Waals surface area contributed by atoms with Gasteiger partial charge in [-0.05, 0) is 44.4 Å². The molecule has 2 amide bonds. The minimum Gasteiger partial charge on any atom is -0.480 e. The number of carboxylic acids is 1. The van der Waals surface area contributed by atoms with Crippen LogP contribution >= 0.6 is 0 Å². The van der Waals surface area contributed by atoms with Gasteiger partial charge in [0.2, 0.25) is 0 Å². The minimum absolute atomic E-state index is 0.0299. The highest BCUT2D eigenvalue weighted by atomic mass is 19.1. The monoisotopic (exact) mass is 351 g/mol. The molecule has 138 valence electrons. The number of carboxylic acid groups (broad SMARTS) is 1. The van der Waals surface area contributed by atoms with Gasteiger partial charge in [0.05, 0.1) is 6.54 Å². The number of hydrogen-bond acceptors (Lipinski definition) is 3. The minimum atomic E-state index is -0.834. The van der Waals surface area contributed by atoms with Crippen LogP contribution in [0.3, 0.4) is 0 Å². The number of halogens is 1. The number of aryl methyl sites for hydroxylation is 1. The molecule has 0 radical (unpaired) electrons. The quantitative estimate of drug-likeness (QED) is 0.668. The summed E-state index contributed by atoms with van der Waals surface area (Å²) in [7, 11) is 0. The molecule has 1 aliphatic rings. The third-order valence-corrected chi connectivity index (χ3v) is 4.59. The second kappa shape index (κ2) is 8.80. The SMILES string of the molecule is CCN(CC(=O)O)C1CC(NC(=O)NCCc2cc(C)ccc2F)C1. The van der Waals surface area contributed by atoms with Crippen molar-refractivity contribution >= 4 is 12.0 Å². The summed E-state index contributed by atoms with van der Waals surface area (Å²) in [6.07, 6.45) is 1.94. The lowest BCUT2D eigenvalue weighted by atomic mass is 9.85. The molecule has 3 N–H and O–H groups in total. The van der Waals surface area contributed by atoms with Gasteiger partial charge in [0, 0.05) is 18.6 Å². The zero-order valence-corrected chi connectivity index (χ0v) is 14.7. The van der Waals surface area contributed by atoms with Gasteiger partial charge in [0.15, 0.2) is 0 Å². The van der Waals surface area contributed by atoms with Crippen LogP contribution in [0.2, 0.25) is 0 Å². The highest BCUT2D eigenvalue weighted by Crippen LogP contribution is 2.25. The van der Waals surface area contributed by atoms with Crippen LogP contribution in [-0.4, -0.2) is 53.7 Å². The Bertz CT molecular complexity index is 618. The van der Waals surface area contributed by atoms with Crippen LogP contribution in [0.15, 0.2) is 18.2 Å². The van der Waals surface area contributed by atoms with Crippen LogP contribution < -0.4 is 10.6 Å². The molecule has 0 unspecified atom stereocenters. The van der Waals surface area contributed by atoms with Crippen molar-refractivity contribution < 1.29 is 19.1 Å². The Balaban J connectivity index is 1.67. The lowest BCUT2D eigenvalue weighted by Gasteiger charge is -2.42. The summed E-state index contributed by atoms with van der Waals surface area (Å²) in [4.78, 5) is 24.6. The van der Waals surface area contributed by atoms with E-state index in [0.29, 0.717) is 25.1 Å². The fraction of sp³-hybridized carbons (Fsp3) is 0.556. The smallest absolute Gasteiger partial charge is 0.317 e. The van der Waals surface area contributed by atoms with E-state index in [1.165, 1.54) is 6.07 Å². The zero-order valence-electron chi connectivity index (χ0n) is 14.7. The lowest BCUT2D eigenvalue weighted by molar-refractivity contribution is -0.139. The summed E-state index contributed by atoms with van der Waals surface area (Å²) in [6, 6.07) is 4.94. The van der Waals surface area contributed by atoms with Crippen LogP contribution in [-0.2, 0) is 11.2 Å². The largest absolute Gasteiger partial charge is 0.480 e. The predicted octanol–water partition coefficient (Wildman–Crippen LogP) is 1.91. The molecule has 2 rings (SSSR count). The highest BCUT2D eigenvalue weighted by Gasteiger charge is 2.34. The van der Waals surface area contributed by atoms with E-state index in [-0.39, 0.29) is 30.5 Å². The summed E-state index contributed by atoms with van der Waals surface area (Å²) < 4.78 is 13.6. The van der Waals surface area contributed by atoms with Crippen LogP contribution in [0.1, 0.15) is 30.9 Å². The summed E-state index contributed by atoms with van der Waals surface area (Å²) in [5.41, 5.74) is 1.58. The van der Waals surface area contributed by atoms with Gasteiger partial charge < -0.3 is 15.7 Å². The van der Waals surface area contributed by atoms with Crippen molar-refractivity contribution in [3.05, 3.63) is 35.1 Å². The van der Waals surface area contributed by atoms with E-state index in [4.69, 9.17) is 5.11 Å². The molecule has 6 nitrogen and oxygen atoms in total. The first-order chi connectivity index (χ1) is 11.9. The molecule has 1 fully saturated rings. The third kappa shape index (κ3) is 5.70. The Morgan fingerprint density at radius 3 is 2.72 bits per heavy atom. The van der Waals surface area contributed by atoms with E-state index >= 15 is 0 Å². The number of carbonyl (C=O) groups is 2. The topological polar surface area (TPSA) is 81.7 Å². The molecule has 1 saturated carbocycles. The van der Waals surface area contributed by atoms with Gasteiger partial charge in [-0.1, -0.05) is 24.6 Å². The fourth-order valence-electron chi connectivity index (χ4n) is 3.12. The number of rotatable bonds is 8. The number of nitrogens with zero attached hydrogens (tertiary/aromatic N) is 1. The molecule has 0 spiro atoms. The average Bonchev–Trinajstić information content (AvgIpc) is 2.51. The molecule has 0 saturated heterocycles. The number of carbonyl (C=O) groups excluding carboxylic acids is 1. The molecule has 0 atom stereocenters. The Morgan fingerprint density at radius 2 is 2.08 bits per heavy atom. The number of aliphatic carboxylic acids is 1. The van der Waals surface area contributed by atoms with Crippen molar-refractivity contribution in [2.24, 2.45) is 0 Å². The van der Waals surface area contributed by atoms with Gasteiger partial charge in [-0.15, -0.1) is 0 Å².